The van der Waals surface area contributed by atoms with Crippen LogP contribution < -0.4 is 5.32 Å². The molecule has 80 valence electrons. The van der Waals surface area contributed by atoms with Crippen LogP contribution in [0.1, 0.15) is 13.8 Å². The summed E-state index contributed by atoms with van der Waals surface area (Å²) in [7, 11) is 1.55. The van der Waals surface area contributed by atoms with Crippen LogP contribution in [0, 0.1) is 0 Å². The molecule has 1 aliphatic rings. The Kier molecular flexibility index (Phi) is 3.60. The van der Waals surface area contributed by atoms with Crippen LogP contribution in [0.5, 0.6) is 0 Å². The normalized spacial score (nSPS) is 24.9. The number of hydrogen-bond acceptors (Lipinski definition) is 4. The summed E-state index contributed by atoms with van der Waals surface area (Å²) in [5, 5.41) is 3.04. The highest BCUT2D eigenvalue weighted by atomic mass is 16.5. The summed E-state index contributed by atoms with van der Waals surface area (Å²) >= 11 is 0. The van der Waals surface area contributed by atoms with E-state index in [-0.39, 0.29) is 17.9 Å². The second-order valence-corrected chi connectivity index (χ2v) is 3.38. The molecule has 1 N–H and O–H groups in total. The molecule has 5 nitrogen and oxygen atoms in total. The van der Waals surface area contributed by atoms with Gasteiger partial charge in [0.1, 0.15) is 6.04 Å². The van der Waals surface area contributed by atoms with Gasteiger partial charge < -0.3 is 10.1 Å². The smallest absolute Gasteiger partial charge is 0.249 e. The van der Waals surface area contributed by atoms with Gasteiger partial charge in [-0.05, 0) is 6.92 Å². The van der Waals surface area contributed by atoms with E-state index in [9.17, 15) is 9.59 Å². The molecular weight excluding hydrogens is 184 g/mol. The van der Waals surface area contributed by atoms with Crippen molar-refractivity contribution in [1.82, 2.24) is 10.2 Å². The largest absolute Gasteiger partial charge is 0.380 e. The second-order valence-electron chi connectivity index (χ2n) is 3.38. The van der Waals surface area contributed by atoms with Crippen molar-refractivity contribution in [3.8, 4) is 0 Å². The molecule has 1 heterocycles. The van der Waals surface area contributed by atoms with Crippen molar-refractivity contribution in [2.45, 2.75) is 26.0 Å². The van der Waals surface area contributed by atoms with E-state index in [2.05, 4.69) is 5.32 Å². The van der Waals surface area contributed by atoms with Crippen LogP contribution in [-0.2, 0) is 14.3 Å². The topological polar surface area (TPSA) is 58.6 Å². The summed E-state index contributed by atoms with van der Waals surface area (Å²) in [5.74, 6) is -0.400. The summed E-state index contributed by atoms with van der Waals surface area (Å²) in [4.78, 5) is 24.1. The first-order valence-corrected chi connectivity index (χ1v) is 4.66. The number of nitrogens with zero attached hydrogens (tertiary/aromatic N) is 1. The van der Waals surface area contributed by atoms with Crippen LogP contribution in [0.2, 0.25) is 0 Å². The van der Waals surface area contributed by atoms with E-state index in [1.54, 1.807) is 14.0 Å². The van der Waals surface area contributed by atoms with Gasteiger partial charge in [-0.25, -0.2) is 0 Å². The summed E-state index contributed by atoms with van der Waals surface area (Å²) in [6, 6.07) is -0.405. The summed E-state index contributed by atoms with van der Waals surface area (Å²) in [6.07, 6.45) is -0.218. The Hall–Kier alpha value is -0.940. The standard InChI is InChI=1S/C9H16N2O3/c1-6(14-3)8-9(13)11(7(2)12)5-4-10-8/h6,8,10H,4-5H2,1-3H3/t6-,8+/m1/s1. The number of ether oxygens (including phenoxy) is 1. The van der Waals surface area contributed by atoms with Crippen LogP contribution >= 0.6 is 0 Å². The molecular formula is C9H16N2O3. The summed E-state index contributed by atoms with van der Waals surface area (Å²) < 4.78 is 5.07. The fourth-order valence-electron chi connectivity index (χ4n) is 1.51. The number of rotatable bonds is 2. The van der Waals surface area contributed by atoms with Crippen LogP contribution in [0.3, 0.4) is 0 Å². The van der Waals surface area contributed by atoms with Crippen LogP contribution in [0.4, 0.5) is 0 Å². The van der Waals surface area contributed by atoms with Gasteiger partial charge in [0.25, 0.3) is 0 Å². The van der Waals surface area contributed by atoms with Crippen molar-refractivity contribution in [2.24, 2.45) is 0 Å². The van der Waals surface area contributed by atoms with Crippen LogP contribution in [0.25, 0.3) is 0 Å². The molecule has 1 rings (SSSR count). The highest BCUT2D eigenvalue weighted by molar-refractivity contribution is 5.97. The number of nitrogens with one attached hydrogen (secondary N) is 1. The molecule has 2 atom stereocenters. The van der Waals surface area contributed by atoms with Gasteiger partial charge in [-0.3, -0.25) is 14.5 Å². The van der Waals surface area contributed by atoms with Crippen LogP contribution in [-0.4, -0.2) is 49.1 Å². The fraction of sp³-hybridized carbons (Fsp3) is 0.778. The summed E-state index contributed by atoms with van der Waals surface area (Å²) in [6.45, 7) is 4.28. The molecule has 0 aromatic heterocycles. The number of amides is 2. The first-order valence-electron chi connectivity index (χ1n) is 4.66. The molecule has 0 aromatic carbocycles. The van der Waals surface area contributed by atoms with Crippen molar-refractivity contribution in [1.29, 1.82) is 0 Å². The van der Waals surface area contributed by atoms with E-state index in [4.69, 9.17) is 4.74 Å². The Labute approximate surface area is 83.4 Å². The molecule has 0 aliphatic carbocycles. The van der Waals surface area contributed by atoms with Crippen molar-refractivity contribution < 1.29 is 14.3 Å². The van der Waals surface area contributed by atoms with Gasteiger partial charge in [0, 0.05) is 27.1 Å². The van der Waals surface area contributed by atoms with Gasteiger partial charge in [0.15, 0.2) is 0 Å². The van der Waals surface area contributed by atoms with Crippen LogP contribution in [0.15, 0.2) is 0 Å². The second kappa shape index (κ2) is 4.52. The lowest BCUT2D eigenvalue weighted by Crippen LogP contribution is -2.60. The van der Waals surface area contributed by atoms with Crippen molar-refractivity contribution in [3.05, 3.63) is 0 Å². The Morgan fingerprint density at radius 2 is 2.36 bits per heavy atom. The maximum Gasteiger partial charge on any atom is 0.249 e. The highest BCUT2D eigenvalue weighted by Gasteiger charge is 2.34. The number of piperazine rings is 1. The van der Waals surface area contributed by atoms with Gasteiger partial charge in [-0.1, -0.05) is 0 Å². The lowest BCUT2D eigenvalue weighted by Gasteiger charge is -2.33. The predicted octanol–water partition coefficient (Wildman–Crippen LogP) is -0.632. The zero-order valence-corrected chi connectivity index (χ0v) is 8.74. The Morgan fingerprint density at radius 3 is 2.86 bits per heavy atom. The maximum atomic E-state index is 11.7. The Morgan fingerprint density at radius 1 is 1.71 bits per heavy atom. The molecule has 2 amide bonds. The zero-order chi connectivity index (χ0) is 10.7. The quantitative estimate of drug-likeness (QED) is 0.644. The minimum atomic E-state index is -0.405. The first-order chi connectivity index (χ1) is 6.57. The minimum absolute atomic E-state index is 0.196. The molecule has 1 aliphatic heterocycles. The van der Waals surface area contributed by atoms with Crippen molar-refractivity contribution >= 4 is 11.8 Å². The predicted molar refractivity (Wildman–Crippen MR) is 50.7 cm³/mol. The van der Waals surface area contributed by atoms with E-state index in [1.807, 2.05) is 0 Å². The van der Waals surface area contributed by atoms with E-state index in [1.165, 1.54) is 11.8 Å². The molecule has 0 aromatic rings. The Balaban J connectivity index is 2.71. The average molecular weight is 200 g/mol. The molecule has 1 saturated heterocycles. The van der Waals surface area contributed by atoms with E-state index >= 15 is 0 Å². The number of hydrogen-bond donors (Lipinski definition) is 1. The monoisotopic (exact) mass is 200 g/mol. The third kappa shape index (κ3) is 2.10. The molecule has 0 bridgehead atoms. The Bertz CT molecular complexity index is 242. The molecule has 0 radical (unpaired) electrons. The van der Waals surface area contributed by atoms with Gasteiger partial charge in [0.2, 0.25) is 11.8 Å². The lowest BCUT2D eigenvalue weighted by molar-refractivity contribution is -0.149. The van der Waals surface area contributed by atoms with Gasteiger partial charge in [0.05, 0.1) is 6.10 Å². The number of methoxy groups -OCH3 is 1. The molecule has 5 heteroatoms. The number of carbonyl (C=O) groups excluding carboxylic acids is 2. The van der Waals surface area contributed by atoms with E-state index < -0.39 is 6.04 Å². The highest BCUT2D eigenvalue weighted by Crippen LogP contribution is 2.07. The number of imide groups is 1. The van der Waals surface area contributed by atoms with Gasteiger partial charge in [-0.2, -0.15) is 0 Å². The van der Waals surface area contributed by atoms with Gasteiger partial charge >= 0.3 is 0 Å². The molecule has 0 unspecified atom stereocenters. The van der Waals surface area contributed by atoms with Crippen molar-refractivity contribution in [2.75, 3.05) is 20.2 Å². The van der Waals surface area contributed by atoms with Gasteiger partial charge in [-0.15, -0.1) is 0 Å². The third-order valence-electron chi connectivity index (χ3n) is 2.45. The SMILES string of the molecule is CO[C@H](C)[C@@H]1NCCN(C(C)=O)C1=O. The van der Waals surface area contributed by atoms with Crippen molar-refractivity contribution in [3.63, 3.8) is 0 Å². The van der Waals surface area contributed by atoms with E-state index in [0.29, 0.717) is 13.1 Å². The molecule has 14 heavy (non-hydrogen) atoms. The lowest BCUT2D eigenvalue weighted by atomic mass is 10.1. The minimum Gasteiger partial charge on any atom is -0.380 e. The molecule has 1 fully saturated rings. The first kappa shape index (κ1) is 11.1. The summed E-state index contributed by atoms with van der Waals surface area (Å²) in [5.41, 5.74) is 0. The number of carbonyl (C=O) groups is 2. The third-order valence-corrected chi connectivity index (χ3v) is 2.45. The fourth-order valence-corrected chi connectivity index (χ4v) is 1.51. The zero-order valence-electron chi connectivity index (χ0n) is 8.74. The average Bonchev–Trinajstić information content (AvgIpc) is 2.16. The van der Waals surface area contributed by atoms with E-state index in [0.717, 1.165) is 0 Å². The molecule has 0 saturated carbocycles. The molecule has 0 spiro atoms. The maximum absolute atomic E-state index is 11.7.